The lowest BCUT2D eigenvalue weighted by atomic mass is 9.83. The van der Waals surface area contributed by atoms with Gasteiger partial charge in [-0.15, -0.1) is 0 Å². The smallest absolute Gasteiger partial charge is 0.281 e. The Kier molecular flexibility index (Phi) is 9.28. The molecule has 1 aromatic rings. The Morgan fingerprint density at radius 2 is 1.91 bits per heavy atom. The Bertz CT molecular complexity index is 999. The van der Waals surface area contributed by atoms with Crippen molar-refractivity contribution >= 4 is 11.8 Å². The Labute approximate surface area is 195 Å². The highest BCUT2D eigenvalue weighted by molar-refractivity contribution is 5.87. The summed E-state index contributed by atoms with van der Waals surface area (Å²) in [6, 6.07) is 4.41. The van der Waals surface area contributed by atoms with Crippen LogP contribution in [0.3, 0.4) is 0 Å². The second-order valence-corrected chi connectivity index (χ2v) is 8.87. The molecule has 0 aromatic heterocycles. The van der Waals surface area contributed by atoms with Crippen molar-refractivity contribution in [2.75, 3.05) is 0 Å². The van der Waals surface area contributed by atoms with E-state index < -0.39 is 18.0 Å². The second kappa shape index (κ2) is 11.5. The van der Waals surface area contributed by atoms with Crippen molar-refractivity contribution in [2.45, 2.75) is 66.6 Å². The molecular weight excluding hydrogens is 426 g/mol. The molecule has 0 bridgehead atoms. The van der Waals surface area contributed by atoms with Gasteiger partial charge in [0.1, 0.15) is 5.82 Å². The number of hydrogen-bond donors (Lipinski definition) is 0. The van der Waals surface area contributed by atoms with Crippen LogP contribution in [0.25, 0.3) is 5.57 Å². The largest absolute Gasteiger partial charge is 0.391 e. The molecular formula is C28H33F4N. The number of allylic oxidation sites excluding steroid dienone is 4. The summed E-state index contributed by atoms with van der Waals surface area (Å²) in [6.45, 7) is 10.6. The third-order valence-electron chi connectivity index (χ3n) is 6.34. The SMILES string of the molecule is CCCC#C/C(=C(/C)C1C=CC(=CC(C)C(C)C(C)C(F)(F)F)C=N1)c1cc(F)ccc1C. The number of benzene rings is 1. The maximum Gasteiger partial charge on any atom is 0.391 e. The van der Waals surface area contributed by atoms with E-state index in [1.165, 1.54) is 19.1 Å². The van der Waals surface area contributed by atoms with Crippen LogP contribution < -0.4 is 0 Å². The molecule has 0 saturated heterocycles. The Morgan fingerprint density at radius 1 is 1.21 bits per heavy atom. The van der Waals surface area contributed by atoms with Crippen molar-refractivity contribution in [3.05, 3.63) is 64.5 Å². The molecule has 4 unspecified atom stereocenters. The van der Waals surface area contributed by atoms with E-state index in [1.54, 1.807) is 26.1 Å². The number of hydrogen-bond acceptors (Lipinski definition) is 1. The fourth-order valence-electron chi connectivity index (χ4n) is 3.69. The molecule has 1 aromatic carbocycles. The average molecular weight is 460 g/mol. The van der Waals surface area contributed by atoms with Crippen molar-refractivity contribution < 1.29 is 17.6 Å². The van der Waals surface area contributed by atoms with Crippen molar-refractivity contribution in [2.24, 2.45) is 22.7 Å². The fourth-order valence-corrected chi connectivity index (χ4v) is 3.69. The molecule has 0 aliphatic carbocycles. The van der Waals surface area contributed by atoms with Crippen LogP contribution in [0.1, 0.15) is 58.6 Å². The quantitative estimate of drug-likeness (QED) is 0.301. The molecule has 0 saturated carbocycles. The summed E-state index contributed by atoms with van der Waals surface area (Å²) in [4.78, 5) is 4.62. The monoisotopic (exact) mass is 459 g/mol. The van der Waals surface area contributed by atoms with E-state index in [-0.39, 0.29) is 17.8 Å². The summed E-state index contributed by atoms with van der Waals surface area (Å²) in [5.74, 6) is 3.88. The van der Waals surface area contributed by atoms with Gasteiger partial charge in [-0.3, -0.25) is 4.99 Å². The minimum atomic E-state index is -4.21. The molecule has 0 N–H and O–H groups in total. The zero-order chi connectivity index (χ0) is 24.8. The molecule has 5 heteroatoms. The number of alkyl halides is 3. The lowest BCUT2D eigenvalue weighted by Gasteiger charge is -2.26. The van der Waals surface area contributed by atoms with Crippen LogP contribution >= 0.6 is 0 Å². The van der Waals surface area contributed by atoms with E-state index in [4.69, 9.17) is 0 Å². The first kappa shape index (κ1) is 26.6. The van der Waals surface area contributed by atoms with Gasteiger partial charge in [0.15, 0.2) is 0 Å². The van der Waals surface area contributed by atoms with Crippen LogP contribution in [0.4, 0.5) is 17.6 Å². The van der Waals surface area contributed by atoms with Crippen molar-refractivity contribution in [1.82, 2.24) is 0 Å². The first-order valence-electron chi connectivity index (χ1n) is 11.4. The molecule has 0 amide bonds. The fraction of sp³-hybridized carbons (Fsp3) is 0.464. The van der Waals surface area contributed by atoms with Gasteiger partial charge in [0, 0.05) is 18.2 Å². The van der Waals surface area contributed by atoms with E-state index in [2.05, 4.69) is 23.8 Å². The number of aryl methyl sites for hydroxylation is 1. The van der Waals surface area contributed by atoms with E-state index in [1.807, 2.05) is 32.1 Å². The molecule has 2 rings (SSSR count). The number of dihydropyridines is 1. The number of rotatable bonds is 6. The van der Waals surface area contributed by atoms with Crippen LogP contribution in [0.5, 0.6) is 0 Å². The van der Waals surface area contributed by atoms with Gasteiger partial charge >= 0.3 is 6.18 Å². The molecule has 0 fully saturated rings. The van der Waals surface area contributed by atoms with Gasteiger partial charge in [0.05, 0.1) is 12.0 Å². The van der Waals surface area contributed by atoms with Gasteiger partial charge < -0.3 is 0 Å². The standard InChI is InChI=1S/C28H33F4N/c1-7-8-9-10-25(26-16-24(29)13-11-18(26)2)21(5)27-14-12-23(17-33-27)15-19(3)20(4)22(6)28(30,31)32/h11-17,19-20,22,27H,7-8H2,1-6H3/b23-15?,25-21+. The van der Waals surface area contributed by atoms with Crippen LogP contribution in [-0.2, 0) is 0 Å². The zero-order valence-electron chi connectivity index (χ0n) is 20.2. The lowest BCUT2D eigenvalue weighted by Crippen LogP contribution is -2.29. The zero-order valence-corrected chi connectivity index (χ0v) is 20.2. The summed E-state index contributed by atoms with van der Waals surface area (Å²) in [5, 5.41) is 0. The van der Waals surface area contributed by atoms with Crippen LogP contribution in [0.2, 0.25) is 0 Å². The third-order valence-corrected chi connectivity index (χ3v) is 6.34. The number of halogens is 4. The Morgan fingerprint density at radius 3 is 2.48 bits per heavy atom. The Hall–Kier alpha value is -2.61. The second-order valence-electron chi connectivity index (χ2n) is 8.87. The molecule has 0 spiro atoms. The number of nitrogens with zero attached hydrogens (tertiary/aromatic N) is 1. The topological polar surface area (TPSA) is 12.4 Å². The van der Waals surface area contributed by atoms with Crippen molar-refractivity contribution in [3.8, 4) is 11.8 Å². The molecule has 4 atom stereocenters. The van der Waals surface area contributed by atoms with E-state index in [0.29, 0.717) is 0 Å². The van der Waals surface area contributed by atoms with Crippen LogP contribution in [0.15, 0.2) is 52.6 Å². The molecule has 1 nitrogen and oxygen atoms in total. The predicted molar refractivity (Wildman–Crippen MR) is 129 cm³/mol. The van der Waals surface area contributed by atoms with Crippen LogP contribution in [-0.4, -0.2) is 18.4 Å². The van der Waals surface area contributed by atoms with E-state index in [0.717, 1.165) is 40.7 Å². The molecule has 0 radical (unpaired) electrons. The third kappa shape index (κ3) is 7.19. The van der Waals surface area contributed by atoms with Gasteiger partial charge in [-0.05, 0) is 66.5 Å². The van der Waals surface area contributed by atoms with Crippen molar-refractivity contribution in [3.63, 3.8) is 0 Å². The minimum Gasteiger partial charge on any atom is -0.281 e. The lowest BCUT2D eigenvalue weighted by molar-refractivity contribution is -0.184. The summed E-state index contributed by atoms with van der Waals surface area (Å²) in [6.07, 6.45) is 4.81. The Balaban J connectivity index is 2.32. The summed E-state index contributed by atoms with van der Waals surface area (Å²) >= 11 is 0. The molecule has 1 aliphatic heterocycles. The van der Waals surface area contributed by atoms with Gasteiger partial charge in [0.25, 0.3) is 0 Å². The van der Waals surface area contributed by atoms with Gasteiger partial charge in [0.2, 0.25) is 0 Å². The first-order chi connectivity index (χ1) is 15.5. The van der Waals surface area contributed by atoms with E-state index >= 15 is 0 Å². The van der Waals surface area contributed by atoms with Gasteiger partial charge in [-0.25, -0.2) is 4.39 Å². The first-order valence-corrected chi connectivity index (χ1v) is 11.4. The molecule has 1 aliphatic rings. The average Bonchev–Trinajstić information content (AvgIpc) is 2.77. The molecule has 1 heterocycles. The minimum absolute atomic E-state index is 0.258. The predicted octanol–water partition coefficient (Wildman–Crippen LogP) is 8.12. The maximum atomic E-state index is 14.0. The van der Waals surface area contributed by atoms with Crippen molar-refractivity contribution in [1.29, 1.82) is 0 Å². The van der Waals surface area contributed by atoms with Gasteiger partial charge in [-0.1, -0.05) is 63.8 Å². The van der Waals surface area contributed by atoms with E-state index in [9.17, 15) is 17.6 Å². The number of aliphatic imine (C=N–C) groups is 1. The van der Waals surface area contributed by atoms with Gasteiger partial charge in [-0.2, -0.15) is 13.2 Å². The molecule has 33 heavy (non-hydrogen) atoms. The van der Waals surface area contributed by atoms with Crippen LogP contribution in [0, 0.1) is 42.3 Å². The number of unbranched alkanes of at least 4 members (excludes halogenated alkanes) is 1. The molecule has 178 valence electrons. The maximum absolute atomic E-state index is 14.0. The highest BCUT2D eigenvalue weighted by atomic mass is 19.4. The summed E-state index contributed by atoms with van der Waals surface area (Å²) in [7, 11) is 0. The normalized spacial score (nSPS) is 20.7. The summed E-state index contributed by atoms with van der Waals surface area (Å²) in [5.41, 5.74) is 4.15. The highest BCUT2D eigenvalue weighted by Crippen LogP contribution is 2.36. The summed E-state index contributed by atoms with van der Waals surface area (Å²) < 4.78 is 53.2. The highest BCUT2D eigenvalue weighted by Gasteiger charge is 2.40.